The summed E-state index contributed by atoms with van der Waals surface area (Å²) >= 11 is 0. The maximum absolute atomic E-state index is 10.6. The molecule has 1 N–H and O–H groups in total. The average Bonchev–Trinajstić information content (AvgIpc) is 2.67. The summed E-state index contributed by atoms with van der Waals surface area (Å²) in [5.41, 5.74) is 2.32. The van der Waals surface area contributed by atoms with Crippen molar-refractivity contribution in [3.8, 4) is 0 Å². The second-order valence-corrected chi connectivity index (χ2v) is 5.55. The van der Waals surface area contributed by atoms with Crippen LogP contribution in [0.1, 0.15) is 37.1 Å². The largest absolute Gasteiger partial charge is 0.481 e. The minimum absolute atomic E-state index is 0.311. The highest BCUT2D eigenvalue weighted by Crippen LogP contribution is 2.23. The number of likely N-dealkylation sites (tertiary alicyclic amines) is 1. The van der Waals surface area contributed by atoms with Gasteiger partial charge in [0.25, 0.3) is 0 Å². The summed E-state index contributed by atoms with van der Waals surface area (Å²) in [7, 11) is 1.99. The van der Waals surface area contributed by atoms with Gasteiger partial charge in [0.1, 0.15) is 0 Å². The molecule has 5 nitrogen and oxygen atoms in total. The van der Waals surface area contributed by atoms with Gasteiger partial charge in [-0.2, -0.15) is 5.10 Å². The van der Waals surface area contributed by atoms with Crippen LogP contribution < -0.4 is 0 Å². The van der Waals surface area contributed by atoms with Crippen LogP contribution in [-0.2, 0) is 18.4 Å². The minimum atomic E-state index is -0.673. The molecule has 19 heavy (non-hydrogen) atoms. The van der Waals surface area contributed by atoms with Gasteiger partial charge in [-0.05, 0) is 51.3 Å². The van der Waals surface area contributed by atoms with E-state index in [9.17, 15) is 4.79 Å². The van der Waals surface area contributed by atoms with Gasteiger partial charge in [-0.3, -0.25) is 14.4 Å². The molecule has 0 bridgehead atoms. The van der Waals surface area contributed by atoms with E-state index in [1.165, 1.54) is 5.69 Å². The maximum atomic E-state index is 10.6. The van der Waals surface area contributed by atoms with Gasteiger partial charge < -0.3 is 5.11 Å². The Kier molecular flexibility index (Phi) is 4.58. The van der Waals surface area contributed by atoms with Gasteiger partial charge in [0.2, 0.25) is 0 Å². The molecule has 106 valence electrons. The second-order valence-electron chi connectivity index (χ2n) is 5.55. The SMILES string of the molecule is Cc1cc(CN2CCC(CCC(=O)O)CC2)n(C)n1. The van der Waals surface area contributed by atoms with Crippen LogP contribution in [0.25, 0.3) is 0 Å². The van der Waals surface area contributed by atoms with Gasteiger partial charge in [-0.1, -0.05) is 0 Å². The number of hydrogen-bond donors (Lipinski definition) is 1. The van der Waals surface area contributed by atoms with E-state index in [1.54, 1.807) is 0 Å². The van der Waals surface area contributed by atoms with E-state index >= 15 is 0 Å². The lowest BCUT2D eigenvalue weighted by Gasteiger charge is -2.31. The van der Waals surface area contributed by atoms with Gasteiger partial charge in [0.05, 0.1) is 11.4 Å². The molecule has 0 unspecified atom stereocenters. The first-order chi connectivity index (χ1) is 9.04. The lowest BCUT2D eigenvalue weighted by atomic mass is 9.92. The molecule has 0 amide bonds. The zero-order chi connectivity index (χ0) is 13.8. The third-order valence-electron chi connectivity index (χ3n) is 3.96. The van der Waals surface area contributed by atoms with Crippen molar-refractivity contribution < 1.29 is 9.90 Å². The fraction of sp³-hybridized carbons (Fsp3) is 0.714. The third kappa shape index (κ3) is 4.06. The molecule has 0 radical (unpaired) electrons. The number of nitrogens with zero attached hydrogens (tertiary/aromatic N) is 3. The Morgan fingerprint density at radius 1 is 1.47 bits per heavy atom. The number of rotatable bonds is 5. The van der Waals surface area contributed by atoms with E-state index in [1.807, 2.05) is 18.7 Å². The predicted octanol–water partition coefficient (Wildman–Crippen LogP) is 1.81. The summed E-state index contributed by atoms with van der Waals surface area (Å²) < 4.78 is 1.95. The smallest absolute Gasteiger partial charge is 0.303 e. The zero-order valence-electron chi connectivity index (χ0n) is 11.8. The second kappa shape index (κ2) is 6.19. The number of carbonyl (C=O) groups is 1. The first-order valence-electron chi connectivity index (χ1n) is 6.98. The van der Waals surface area contributed by atoms with Crippen LogP contribution in [0.15, 0.2) is 6.07 Å². The van der Waals surface area contributed by atoms with Crippen LogP contribution in [-0.4, -0.2) is 38.8 Å². The molecular weight excluding hydrogens is 242 g/mol. The molecule has 1 aliphatic rings. The van der Waals surface area contributed by atoms with Crippen molar-refractivity contribution in [2.75, 3.05) is 13.1 Å². The van der Waals surface area contributed by atoms with E-state index in [0.29, 0.717) is 12.3 Å². The predicted molar refractivity (Wildman–Crippen MR) is 72.8 cm³/mol. The molecular formula is C14H23N3O2. The van der Waals surface area contributed by atoms with Crippen molar-refractivity contribution >= 4 is 5.97 Å². The summed E-state index contributed by atoms with van der Waals surface area (Å²) in [5.74, 6) is -0.0894. The van der Waals surface area contributed by atoms with E-state index < -0.39 is 5.97 Å². The Morgan fingerprint density at radius 3 is 2.68 bits per heavy atom. The molecule has 5 heteroatoms. The molecule has 0 spiro atoms. The molecule has 2 rings (SSSR count). The van der Waals surface area contributed by atoms with Gasteiger partial charge in [-0.25, -0.2) is 0 Å². The Labute approximate surface area is 114 Å². The van der Waals surface area contributed by atoms with Crippen molar-refractivity contribution in [1.29, 1.82) is 0 Å². The zero-order valence-corrected chi connectivity index (χ0v) is 11.8. The highest BCUT2D eigenvalue weighted by atomic mass is 16.4. The van der Waals surface area contributed by atoms with Crippen molar-refractivity contribution in [3.05, 3.63) is 17.5 Å². The number of carboxylic acid groups (broad SMARTS) is 1. The molecule has 0 atom stereocenters. The monoisotopic (exact) mass is 265 g/mol. The average molecular weight is 265 g/mol. The van der Waals surface area contributed by atoms with Crippen LogP contribution in [0.4, 0.5) is 0 Å². The summed E-state index contributed by atoms with van der Waals surface area (Å²) in [4.78, 5) is 13.0. The lowest BCUT2D eigenvalue weighted by molar-refractivity contribution is -0.137. The minimum Gasteiger partial charge on any atom is -0.481 e. The van der Waals surface area contributed by atoms with Crippen LogP contribution in [0, 0.1) is 12.8 Å². The molecule has 0 aliphatic carbocycles. The number of aryl methyl sites for hydroxylation is 2. The lowest BCUT2D eigenvalue weighted by Crippen LogP contribution is -2.33. The fourth-order valence-electron chi connectivity index (χ4n) is 2.80. The van der Waals surface area contributed by atoms with E-state index in [0.717, 1.165) is 44.6 Å². The topological polar surface area (TPSA) is 58.4 Å². The van der Waals surface area contributed by atoms with Crippen LogP contribution in [0.2, 0.25) is 0 Å². The van der Waals surface area contributed by atoms with Crippen LogP contribution in [0.3, 0.4) is 0 Å². The van der Waals surface area contributed by atoms with Crippen LogP contribution in [0.5, 0.6) is 0 Å². The van der Waals surface area contributed by atoms with Gasteiger partial charge in [-0.15, -0.1) is 0 Å². The number of hydrogen-bond acceptors (Lipinski definition) is 3. The summed E-state index contributed by atoms with van der Waals surface area (Å²) in [5, 5.41) is 13.1. The molecule has 1 fully saturated rings. The summed E-state index contributed by atoms with van der Waals surface area (Å²) in [6.45, 7) is 5.09. The van der Waals surface area contributed by atoms with Gasteiger partial charge >= 0.3 is 5.97 Å². The highest BCUT2D eigenvalue weighted by Gasteiger charge is 2.20. The number of carboxylic acids is 1. The summed E-state index contributed by atoms with van der Waals surface area (Å²) in [6.07, 6.45) is 3.37. The fourth-order valence-corrected chi connectivity index (χ4v) is 2.80. The number of aliphatic carboxylic acids is 1. The molecule has 1 aliphatic heterocycles. The Balaban J connectivity index is 1.77. The Bertz CT molecular complexity index is 434. The van der Waals surface area contributed by atoms with E-state index in [4.69, 9.17) is 5.11 Å². The number of aromatic nitrogens is 2. The molecule has 1 saturated heterocycles. The first kappa shape index (κ1) is 14.1. The highest BCUT2D eigenvalue weighted by molar-refractivity contribution is 5.66. The van der Waals surface area contributed by atoms with Crippen molar-refractivity contribution in [1.82, 2.24) is 14.7 Å². The molecule has 1 aromatic heterocycles. The van der Waals surface area contributed by atoms with Gasteiger partial charge in [0.15, 0.2) is 0 Å². The van der Waals surface area contributed by atoms with Gasteiger partial charge in [0, 0.05) is 20.0 Å². The Morgan fingerprint density at radius 2 is 2.16 bits per heavy atom. The Hall–Kier alpha value is -1.36. The maximum Gasteiger partial charge on any atom is 0.303 e. The first-order valence-corrected chi connectivity index (χ1v) is 6.98. The normalized spacial score (nSPS) is 17.8. The van der Waals surface area contributed by atoms with Crippen LogP contribution >= 0.6 is 0 Å². The molecule has 2 heterocycles. The van der Waals surface area contributed by atoms with E-state index in [-0.39, 0.29) is 0 Å². The molecule has 1 aromatic rings. The molecule has 0 aromatic carbocycles. The third-order valence-corrected chi connectivity index (χ3v) is 3.96. The standard InChI is InChI=1S/C14H23N3O2/c1-11-9-13(16(2)15-11)10-17-7-5-12(6-8-17)3-4-14(18)19/h9,12H,3-8,10H2,1-2H3,(H,18,19). The van der Waals surface area contributed by atoms with E-state index in [2.05, 4.69) is 16.1 Å². The van der Waals surface area contributed by atoms with Crippen molar-refractivity contribution in [2.45, 2.75) is 39.2 Å². The number of piperidine rings is 1. The van der Waals surface area contributed by atoms with Crippen molar-refractivity contribution in [2.24, 2.45) is 13.0 Å². The van der Waals surface area contributed by atoms with Crippen molar-refractivity contribution in [3.63, 3.8) is 0 Å². The molecule has 0 saturated carbocycles. The quantitative estimate of drug-likeness (QED) is 0.882. The summed E-state index contributed by atoms with van der Waals surface area (Å²) in [6, 6.07) is 2.14.